The summed E-state index contributed by atoms with van der Waals surface area (Å²) in [6.45, 7) is 4.32. The molecule has 7 nitrogen and oxygen atoms in total. The molecule has 1 aliphatic rings. The van der Waals surface area contributed by atoms with Gasteiger partial charge >= 0.3 is 0 Å². The maximum Gasteiger partial charge on any atom is 0.244 e. The van der Waals surface area contributed by atoms with Crippen LogP contribution in [0.2, 0.25) is 0 Å². The van der Waals surface area contributed by atoms with Gasteiger partial charge in [0.1, 0.15) is 18.2 Å². The number of ether oxygens (including phenoxy) is 3. The van der Waals surface area contributed by atoms with E-state index in [1.165, 1.54) is 5.56 Å². The first-order chi connectivity index (χ1) is 14.9. The Labute approximate surface area is 188 Å². The minimum absolute atomic E-state index is 0.0429. The third-order valence-corrected chi connectivity index (χ3v) is 5.81. The minimum Gasteiger partial charge on any atom is -0.493 e. The van der Waals surface area contributed by atoms with Gasteiger partial charge in [0.15, 0.2) is 11.5 Å². The number of hydrogen-bond acceptors (Lipinski definition) is 6. The molecule has 0 spiro atoms. The number of aromatic nitrogens is 2. The van der Waals surface area contributed by atoms with Crippen LogP contribution in [0, 0.1) is 25.2 Å². The summed E-state index contributed by atoms with van der Waals surface area (Å²) in [4.78, 5) is 0. The van der Waals surface area contributed by atoms with Crippen molar-refractivity contribution in [1.82, 2.24) is 10.2 Å². The van der Waals surface area contributed by atoms with E-state index < -0.39 is 5.92 Å². The quantitative estimate of drug-likeness (QED) is 0.552. The van der Waals surface area contributed by atoms with Gasteiger partial charge < -0.3 is 19.9 Å². The van der Waals surface area contributed by atoms with Crippen LogP contribution >= 0.6 is 15.9 Å². The Bertz CT molecular complexity index is 1210. The van der Waals surface area contributed by atoms with Crippen molar-refractivity contribution < 1.29 is 14.2 Å². The van der Waals surface area contributed by atoms with Crippen LogP contribution in [0.15, 0.2) is 52.3 Å². The van der Waals surface area contributed by atoms with Gasteiger partial charge in [0.05, 0.1) is 17.5 Å². The number of H-pyrrole nitrogens is 1. The predicted octanol–water partition coefficient (Wildman–Crippen LogP) is 4.59. The van der Waals surface area contributed by atoms with E-state index in [0.29, 0.717) is 34.0 Å². The molecule has 31 heavy (non-hydrogen) atoms. The van der Waals surface area contributed by atoms with E-state index in [1.54, 1.807) is 7.11 Å². The number of fused-ring (bicyclic) bond motifs is 1. The number of rotatable bonds is 5. The van der Waals surface area contributed by atoms with Crippen molar-refractivity contribution in [2.45, 2.75) is 26.4 Å². The van der Waals surface area contributed by atoms with Crippen LogP contribution in [0.1, 0.15) is 33.9 Å². The average Bonchev–Trinajstić information content (AvgIpc) is 3.12. The molecule has 4 rings (SSSR count). The summed E-state index contributed by atoms with van der Waals surface area (Å²) in [5.41, 5.74) is 11.0. The Hall–Kier alpha value is -3.44. The second kappa shape index (κ2) is 8.36. The Morgan fingerprint density at radius 2 is 2.00 bits per heavy atom. The summed E-state index contributed by atoms with van der Waals surface area (Å²) in [6.07, 6.45) is 0. The van der Waals surface area contributed by atoms with Gasteiger partial charge in [-0.15, -0.1) is 5.10 Å². The highest BCUT2D eigenvalue weighted by molar-refractivity contribution is 9.10. The fraction of sp³-hybridized carbons (Fsp3) is 0.217. The molecular weight excluding hydrogens is 460 g/mol. The zero-order valence-corrected chi connectivity index (χ0v) is 18.9. The number of nitriles is 1. The van der Waals surface area contributed by atoms with Crippen molar-refractivity contribution in [2.24, 2.45) is 5.73 Å². The Morgan fingerprint density at radius 1 is 1.26 bits per heavy atom. The monoisotopic (exact) mass is 480 g/mol. The predicted molar refractivity (Wildman–Crippen MR) is 119 cm³/mol. The SMILES string of the molecule is COc1cc([C@@H]2C(C#N)=C(N)Oc3n[nH]c(C)c32)cc(Br)c1OCc1ccc(C)cc1. The molecule has 0 saturated carbocycles. The zero-order valence-electron chi connectivity index (χ0n) is 17.3. The van der Waals surface area contributed by atoms with Crippen molar-refractivity contribution in [2.75, 3.05) is 7.11 Å². The Morgan fingerprint density at radius 3 is 2.68 bits per heavy atom. The fourth-order valence-corrected chi connectivity index (χ4v) is 4.19. The number of nitrogens with two attached hydrogens (primary N) is 1. The molecule has 1 aromatic heterocycles. The van der Waals surface area contributed by atoms with Gasteiger partial charge in [0.25, 0.3) is 0 Å². The third-order valence-electron chi connectivity index (χ3n) is 5.22. The van der Waals surface area contributed by atoms with Crippen LogP contribution in [0.5, 0.6) is 17.4 Å². The van der Waals surface area contributed by atoms with Gasteiger partial charge in [-0.25, -0.2) is 0 Å². The molecule has 2 heterocycles. The number of methoxy groups -OCH3 is 1. The molecule has 0 aliphatic carbocycles. The van der Waals surface area contributed by atoms with Gasteiger partial charge in [-0.05, 0) is 53.0 Å². The first-order valence-corrected chi connectivity index (χ1v) is 10.4. The number of halogens is 1. The van der Waals surface area contributed by atoms with E-state index in [0.717, 1.165) is 22.4 Å². The van der Waals surface area contributed by atoms with Crippen molar-refractivity contribution in [3.63, 3.8) is 0 Å². The lowest BCUT2D eigenvalue weighted by Gasteiger charge is -2.25. The van der Waals surface area contributed by atoms with Gasteiger partial charge in [-0.1, -0.05) is 29.8 Å². The molecule has 1 atom stereocenters. The lowest BCUT2D eigenvalue weighted by Crippen LogP contribution is -2.21. The first kappa shape index (κ1) is 20.8. The smallest absolute Gasteiger partial charge is 0.244 e. The zero-order chi connectivity index (χ0) is 22.1. The van der Waals surface area contributed by atoms with Crippen molar-refractivity contribution in [3.05, 3.63) is 80.3 Å². The molecule has 158 valence electrons. The van der Waals surface area contributed by atoms with Crippen LogP contribution in [-0.2, 0) is 6.61 Å². The van der Waals surface area contributed by atoms with Crippen molar-refractivity contribution >= 4 is 15.9 Å². The summed E-state index contributed by atoms with van der Waals surface area (Å²) in [7, 11) is 1.58. The number of hydrogen-bond donors (Lipinski definition) is 2. The molecule has 2 aromatic carbocycles. The molecule has 3 N–H and O–H groups in total. The highest BCUT2D eigenvalue weighted by Crippen LogP contribution is 2.46. The highest BCUT2D eigenvalue weighted by atomic mass is 79.9. The Kier molecular flexibility index (Phi) is 5.61. The van der Waals surface area contributed by atoms with Crippen LogP contribution in [0.3, 0.4) is 0 Å². The van der Waals surface area contributed by atoms with E-state index in [9.17, 15) is 5.26 Å². The Balaban J connectivity index is 1.73. The van der Waals surface area contributed by atoms with E-state index >= 15 is 0 Å². The van der Waals surface area contributed by atoms with Crippen LogP contribution in [-0.4, -0.2) is 17.3 Å². The number of aryl methyl sites for hydroxylation is 2. The van der Waals surface area contributed by atoms with Crippen LogP contribution < -0.4 is 19.9 Å². The standard InChI is InChI=1S/C23H21BrN4O3/c1-12-4-6-14(7-5-12)11-30-21-17(24)8-15(9-18(21)29-3)20-16(10-25)22(26)31-23-19(20)13(2)27-28-23/h4-9,20H,11,26H2,1-3H3,(H,27,28)/t20-/m1/s1. The van der Waals surface area contributed by atoms with E-state index in [2.05, 4.69) is 32.2 Å². The molecule has 0 saturated heterocycles. The topological polar surface area (TPSA) is 106 Å². The maximum absolute atomic E-state index is 9.76. The largest absolute Gasteiger partial charge is 0.493 e. The average molecular weight is 481 g/mol. The molecular formula is C23H21BrN4O3. The summed E-state index contributed by atoms with van der Waals surface area (Å²) in [6, 6.07) is 14.1. The molecule has 0 fully saturated rings. The van der Waals surface area contributed by atoms with E-state index in [4.69, 9.17) is 19.9 Å². The lowest BCUT2D eigenvalue weighted by atomic mass is 9.84. The van der Waals surface area contributed by atoms with Crippen LogP contribution in [0.25, 0.3) is 0 Å². The molecule has 3 aromatic rings. The minimum atomic E-state index is -0.441. The molecule has 0 amide bonds. The summed E-state index contributed by atoms with van der Waals surface area (Å²) >= 11 is 3.61. The summed E-state index contributed by atoms with van der Waals surface area (Å²) in [5.74, 6) is 1.10. The third kappa shape index (κ3) is 3.84. The van der Waals surface area contributed by atoms with Crippen LogP contribution in [0.4, 0.5) is 0 Å². The van der Waals surface area contributed by atoms with E-state index in [1.807, 2.05) is 50.2 Å². The molecule has 0 radical (unpaired) electrons. The summed E-state index contributed by atoms with van der Waals surface area (Å²) in [5, 5.41) is 16.8. The number of nitrogens with zero attached hydrogens (tertiary/aromatic N) is 2. The van der Waals surface area contributed by atoms with Gasteiger partial charge in [0.2, 0.25) is 11.8 Å². The second-order valence-electron chi connectivity index (χ2n) is 7.30. The summed E-state index contributed by atoms with van der Waals surface area (Å²) < 4.78 is 17.9. The fourth-order valence-electron chi connectivity index (χ4n) is 3.62. The van der Waals surface area contributed by atoms with Crippen molar-refractivity contribution in [1.29, 1.82) is 5.26 Å². The lowest BCUT2D eigenvalue weighted by molar-refractivity contribution is 0.282. The van der Waals surface area contributed by atoms with Gasteiger partial charge in [0, 0.05) is 11.3 Å². The highest BCUT2D eigenvalue weighted by Gasteiger charge is 2.35. The normalized spacial score (nSPS) is 15.1. The van der Waals surface area contributed by atoms with Gasteiger partial charge in [-0.2, -0.15) is 5.26 Å². The van der Waals surface area contributed by atoms with Crippen molar-refractivity contribution in [3.8, 4) is 23.4 Å². The number of allylic oxidation sites excluding steroid dienone is 1. The molecule has 8 heteroatoms. The number of aromatic amines is 1. The number of benzene rings is 2. The maximum atomic E-state index is 9.76. The second-order valence-corrected chi connectivity index (χ2v) is 8.15. The van der Waals surface area contributed by atoms with E-state index in [-0.39, 0.29) is 5.88 Å². The number of nitrogens with one attached hydrogen (secondary N) is 1. The molecule has 0 unspecified atom stereocenters. The first-order valence-electron chi connectivity index (χ1n) is 9.61. The molecule has 0 bridgehead atoms. The van der Waals surface area contributed by atoms with Gasteiger partial charge in [-0.3, -0.25) is 5.10 Å². The molecule has 1 aliphatic heterocycles.